The van der Waals surface area contributed by atoms with E-state index in [0.717, 1.165) is 51.6 Å². The van der Waals surface area contributed by atoms with Crippen LogP contribution >= 0.6 is 11.3 Å². The topological polar surface area (TPSA) is 46.3 Å². The highest BCUT2D eigenvalue weighted by Gasteiger charge is 2.29. The van der Waals surface area contributed by atoms with Crippen LogP contribution in [0.25, 0.3) is 0 Å². The first-order valence-corrected chi connectivity index (χ1v) is 8.24. The van der Waals surface area contributed by atoms with E-state index >= 15 is 0 Å². The number of unbranched alkanes of at least 4 members (excludes halogenated alkanes) is 3. The van der Waals surface area contributed by atoms with E-state index in [9.17, 15) is 4.79 Å². The Balaban J connectivity index is 1.78. The number of nitrogens with two attached hydrogens (primary N) is 1. The lowest BCUT2D eigenvalue weighted by atomic mass is 10.1. The summed E-state index contributed by atoms with van der Waals surface area (Å²) < 4.78 is 0. The van der Waals surface area contributed by atoms with Crippen LogP contribution in [0.5, 0.6) is 0 Å². The highest BCUT2D eigenvalue weighted by molar-refractivity contribution is 7.10. The highest BCUT2D eigenvalue weighted by atomic mass is 32.1. The predicted octanol–water partition coefficient (Wildman–Crippen LogP) is 3.32. The molecule has 2 heterocycles. The molecule has 0 bridgehead atoms. The van der Waals surface area contributed by atoms with Crippen LogP contribution in [0.15, 0.2) is 17.5 Å². The van der Waals surface area contributed by atoms with Gasteiger partial charge in [0, 0.05) is 17.8 Å². The molecule has 2 rings (SSSR count). The van der Waals surface area contributed by atoms with Crippen molar-refractivity contribution in [2.75, 3.05) is 13.1 Å². The van der Waals surface area contributed by atoms with Crippen LogP contribution < -0.4 is 5.73 Å². The van der Waals surface area contributed by atoms with E-state index in [1.807, 2.05) is 0 Å². The van der Waals surface area contributed by atoms with Crippen LogP contribution in [0.2, 0.25) is 0 Å². The zero-order valence-electron chi connectivity index (χ0n) is 11.5. The second-order valence-electron chi connectivity index (χ2n) is 5.21. The molecule has 19 heavy (non-hydrogen) atoms. The van der Waals surface area contributed by atoms with Gasteiger partial charge in [0.2, 0.25) is 5.91 Å². The van der Waals surface area contributed by atoms with Gasteiger partial charge < -0.3 is 10.6 Å². The summed E-state index contributed by atoms with van der Waals surface area (Å²) in [5, 5.41) is 2.10. The fourth-order valence-corrected chi connectivity index (χ4v) is 3.63. The van der Waals surface area contributed by atoms with Gasteiger partial charge in [0.25, 0.3) is 0 Å². The summed E-state index contributed by atoms with van der Waals surface area (Å²) in [6.07, 6.45) is 7.33. The van der Waals surface area contributed by atoms with Crippen molar-refractivity contribution in [1.82, 2.24) is 4.90 Å². The largest absolute Gasteiger partial charge is 0.335 e. The second-order valence-corrected chi connectivity index (χ2v) is 6.19. The zero-order chi connectivity index (χ0) is 13.5. The molecule has 1 amide bonds. The standard InChI is InChI=1S/C15H24N2OS/c16-10-4-2-1-3-9-15(18)17-11-5-7-13(17)14-8-6-12-19-14/h6,8,12-13H,1-5,7,9-11,16H2. The number of carbonyl (C=O) groups is 1. The van der Waals surface area contributed by atoms with Crippen molar-refractivity contribution in [3.05, 3.63) is 22.4 Å². The Morgan fingerprint density at radius 1 is 1.37 bits per heavy atom. The Morgan fingerprint density at radius 2 is 2.21 bits per heavy atom. The van der Waals surface area contributed by atoms with Gasteiger partial charge in [-0.05, 0) is 43.7 Å². The highest BCUT2D eigenvalue weighted by Crippen LogP contribution is 2.34. The summed E-state index contributed by atoms with van der Waals surface area (Å²) in [5.74, 6) is 0.337. The maximum atomic E-state index is 12.3. The summed E-state index contributed by atoms with van der Waals surface area (Å²) in [6.45, 7) is 1.70. The number of amides is 1. The molecule has 0 spiro atoms. The van der Waals surface area contributed by atoms with Crippen molar-refractivity contribution < 1.29 is 4.79 Å². The van der Waals surface area contributed by atoms with Gasteiger partial charge >= 0.3 is 0 Å². The van der Waals surface area contributed by atoms with Gasteiger partial charge in [-0.1, -0.05) is 18.9 Å². The first kappa shape index (κ1) is 14.5. The molecule has 1 aliphatic rings. The number of likely N-dealkylation sites (tertiary alicyclic amines) is 1. The lowest BCUT2D eigenvalue weighted by Gasteiger charge is -2.24. The molecule has 3 nitrogen and oxygen atoms in total. The van der Waals surface area contributed by atoms with Gasteiger partial charge in [-0.3, -0.25) is 4.79 Å². The Morgan fingerprint density at radius 3 is 2.95 bits per heavy atom. The average Bonchev–Trinajstić information content (AvgIpc) is 3.08. The maximum Gasteiger partial charge on any atom is 0.223 e. The van der Waals surface area contributed by atoms with Crippen LogP contribution in [-0.2, 0) is 4.79 Å². The number of rotatable bonds is 7. The number of thiophene rings is 1. The molecule has 1 aromatic rings. The molecule has 0 aliphatic carbocycles. The summed E-state index contributed by atoms with van der Waals surface area (Å²) in [7, 11) is 0. The van der Waals surface area contributed by atoms with Crippen LogP contribution in [0.1, 0.15) is 55.9 Å². The number of nitrogens with zero attached hydrogens (tertiary/aromatic N) is 1. The SMILES string of the molecule is NCCCCCCC(=O)N1CCCC1c1cccs1. The Bertz CT molecular complexity index is 378. The molecule has 2 N–H and O–H groups in total. The third kappa shape index (κ3) is 4.05. The minimum absolute atomic E-state index is 0.337. The molecule has 106 valence electrons. The Hall–Kier alpha value is -0.870. The molecular formula is C15H24N2OS. The van der Waals surface area contributed by atoms with Gasteiger partial charge in [-0.2, -0.15) is 0 Å². The molecule has 0 saturated carbocycles. The number of carbonyl (C=O) groups excluding carboxylic acids is 1. The lowest BCUT2D eigenvalue weighted by molar-refractivity contribution is -0.132. The molecule has 1 saturated heterocycles. The van der Waals surface area contributed by atoms with Crippen molar-refractivity contribution in [1.29, 1.82) is 0 Å². The third-order valence-corrected chi connectivity index (χ3v) is 4.76. The first-order valence-electron chi connectivity index (χ1n) is 7.36. The van der Waals surface area contributed by atoms with Gasteiger partial charge in [0.15, 0.2) is 0 Å². The first-order chi connectivity index (χ1) is 9.33. The molecule has 4 heteroatoms. The van der Waals surface area contributed by atoms with Crippen molar-refractivity contribution in [2.45, 2.75) is 51.0 Å². The van der Waals surface area contributed by atoms with Crippen molar-refractivity contribution in [3.63, 3.8) is 0 Å². The smallest absolute Gasteiger partial charge is 0.223 e. The fraction of sp³-hybridized carbons (Fsp3) is 0.667. The van der Waals surface area contributed by atoms with E-state index in [2.05, 4.69) is 22.4 Å². The average molecular weight is 280 g/mol. The quantitative estimate of drug-likeness (QED) is 0.779. The van der Waals surface area contributed by atoms with Gasteiger partial charge in [-0.25, -0.2) is 0 Å². The molecule has 0 radical (unpaired) electrons. The third-order valence-electron chi connectivity index (χ3n) is 3.79. The van der Waals surface area contributed by atoms with E-state index in [4.69, 9.17) is 5.73 Å². The second kappa shape index (κ2) is 7.65. The summed E-state index contributed by atoms with van der Waals surface area (Å²) >= 11 is 1.77. The lowest BCUT2D eigenvalue weighted by Crippen LogP contribution is -2.29. The van der Waals surface area contributed by atoms with E-state index in [0.29, 0.717) is 18.4 Å². The van der Waals surface area contributed by atoms with Crippen LogP contribution in [0, 0.1) is 0 Å². The monoisotopic (exact) mass is 280 g/mol. The van der Waals surface area contributed by atoms with Crippen LogP contribution in [0.3, 0.4) is 0 Å². The van der Waals surface area contributed by atoms with Crippen molar-refractivity contribution in [3.8, 4) is 0 Å². The Labute approximate surface area is 119 Å². The molecular weight excluding hydrogens is 256 g/mol. The molecule has 1 atom stereocenters. The van der Waals surface area contributed by atoms with E-state index < -0.39 is 0 Å². The van der Waals surface area contributed by atoms with Crippen LogP contribution in [0.4, 0.5) is 0 Å². The molecule has 0 aromatic carbocycles. The molecule has 1 aromatic heterocycles. The van der Waals surface area contributed by atoms with Crippen molar-refractivity contribution >= 4 is 17.2 Å². The van der Waals surface area contributed by atoms with E-state index in [1.165, 1.54) is 4.88 Å². The van der Waals surface area contributed by atoms with Gasteiger partial charge in [0.05, 0.1) is 6.04 Å². The summed E-state index contributed by atoms with van der Waals surface area (Å²) in [6, 6.07) is 4.58. The summed E-state index contributed by atoms with van der Waals surface area (Å²) in [5.41, 5.74) is 5.47. The molecule has 1 fully saturated rings. The Kier molecular flexibility index (Phi) is 5.86. The van der Waals surface area contributed by atoms with E-state index in [-0.39, 0.29) is 0 Å². The summed E-state index contributed by atoms with van der Waals surface area (Å²) in [4.78, 5) is 15.7. The maximum absolute atomic E-state index is 12.3. The van der Waals surface area contributed by atoms with Crippen molar-refractivity contribution in [2.24, 2.45) is 5.73 Å². The zero-order valence-corrected chi connectivity index (χ0v) is 12.3. The van der Waals surface area contributed by atoms with E-state index in [1.54, 1.807) is 11.3 Å². The normalized spacial score (nSPS) is 19.0. The fourth-order valence-electron chi connectivity index (χ4n) is 2.76. The minimum atomic E-state index is 0.337. The number of hydrogen-bond acceptors (Lipinski definition) is 3. The number of hydrogen-bond donors (Lipinski definition) is 1. The minimum Gasteiger partial charge on any atom is -0.335 e. The molecule has 1 aliphatic heterocycles. The molecule has 1 unspecified atom stereocenters. The predicted molar refractivity (Wildman–Crippen MR) is 80.1 cm³/mol. The van der Waals surface area contributed by atoms with Crippen LogP contribution in [-0.4, -0.2) is 23.9 Å². The van der Waals surface area contributed by atoms with Gasteiger partial charge in [0.1, 0.15) is 0 Å². The van der Waals surface area contributed by atoms with Gasteiger partial charge in [-0.15, -0.1) is 11.3 Å².